The van der Waals surface area contributed by atoms with Gasteiger partial charge >= 0.3 is 0 Å². The number of carbonyl (C=O) groups is 1. The highest BCUT2D eigenvalue weighted by atomic mass is 16.1. The Hall–Kier alpha value is -2.30. The van der Waals surface area contributed by atoms with Crippen molar-refractivity contribution >= 4 is 28.2 Å². The average Bonchev–Trinajstić information content (AvgIpc) is 2.54. The van der Waals surface area contributed by atoms with Crippen molar-refractivity contribution in [3.63, 3.8) is 0 Å². The van der Waals surface area contributed by atoms with Gasteiger partial charge in [0.15, 0.2) is 0 Å². The van der Waals surface area contributed by atoms with E-state index in [0.717, 1.165) is 42.5 Å². The first-order chi connectivity index (χ1) is 10.2. The lowest BCUT2D eigenvalue weighted by molar-refractivity contribution is -0.124. The predicted molar refractivity (Wildman–Crippen MR) is 85.2 cm³/mol. The molecule has 1 aromatic heterocycles. The smallest absolute Gasteiger partial charge is 0.224 e. The number of aromatic nitrogens is 1. The summed E-state index contributed by atoms with van der Waals surface area (Å²) in [6, 6.07) is 7.86. The topological polar surface area (TPSA) is 71.2 Å². The van der Waals surface area contributed by atoms with Crippen molar-refractivity contribution in [2.45, 2.75) is 12.8 Å². The molecule has 2 aromatic rings. The first-order valence-corrected chi connectivity index (χ1v) is 7.30. The number of nitrogens with zero attached hydrogens (tertiary/aromatic N) is 2. The summed E-state index contributed by atoms with van der Waals surface area (Å²) >= 11 is 0. The summed E-state index contributed by atoms with van der Waals surface area (Å²) in [6.45, 7) is 1.70. The average molecular weight is 284 g/mol. The number of pyridine rings is 1. The molecule has 1 aliphatic rings. The SMILES string of the molecule is CNC(=O)C1CCCN(c2ccnc3c(N)cccc23)C1. The van der Waals surface area contributed by atoms with Gasteiger partial charge in [-0.25, -0.2) is 0 Å². The lowest BCUT2D eigenvalue weighted by atomic mass is 9.96. The Kier molecular flexibility index (Phi) is 3.64. The molecule has 1 unspecified atom stereocenters. The number of hydrogen-bond donors (Lipinski definition) is 2. The number of rotatable bonds is 2. The van der Waals surface area contributed by atoms with Crippen LogP contribution in [0.3, 0.4) is 0 Å². The van der Waals surface area contributed by atoms with E-state index in [1.807, 2.05) is 24.3 Å². The van der Waals surface area contributed by atoms with Crippen molar-refractivity contribution in [2.24, 2.45) is 5.92 Å². The van der Waals surface area contributed by atoms with Crippen molar-refractivity contribution in [2.75, 3.05) is 30.8 Å². The number of amides is 1. The number of carbonyl (C=O) groups excluding carboxylic acids is 1. The summed E-state index contributed by atoms with van der Waals surface area (Å²) in [6.07, 6.45) is 3.75. The van der Waals surface area contributed by atoms with Crippen LogP contribution in [0.5, 0.6) is 0 Å². The summed E-state index contributed by atoms with van der Waals surface area (Å²) in [7, 11) is 1.70. The predicted octanol–water partition coefficient (Wildman–Crippen LogP) is 1.78. The van der Waals surface area contributed by atoms with Gasteiger partial charge in [0.25, 0.3) is 0 Å². The Labute approximate surface area is 124 Å². The molecule has 1 aromatic carbocycles. The number of nitrogens with one attached hydrogen (secondary N) is 1. The molecule has 0 radical (unpaired) electrons. The third-order valence-corrected chi connectivity index (χ3v) is 4.16. The highest BCUT2D eigenvalue weighted by molar-refractivity contribution is 5.98. The second-order valence-corrected chi connectivity index (χ2v) is 5.47. The minimum atomic E-state index is 0.0491. The van der Waals surface area contributed by atoms with Crippen molar-refractivity contribution in [1.29, 1.82) is 0 Å². The number of nitrogen functional groups attached to an aromatic ring is 1. The van der Waals surface area contributed by atoms with Gasteiger partial charge in [0.05, 0.1) is 17.1 Å². The Morgan fingerprint density at radius 1 is 1.43 bits per heavy atom. The van der Waals surface area contributed by atoms with E-state index in [9.17, 15) is 4.79 Å². The highest BCUT2D eigenvalue weighted by Gasteiger charge is 2.26. The third kappa shape index (κ3) is 2.51. The summed E-state index contributed by atoms with van der Waals surface area (Å²) in [4.78, 5) is 18.5. The van der Waals surface area contributed by atoms with E-state index in [0.29, 0.717) is 5.69 Å². The third-order valence-electron chi connectivity index (χ3n) is 4.16. The van der Waals surface area contributed by atoms with Gasteiger partial charge in [0, 0.05) is 37.4 Å². The maximum atomic E-state index is 11.9. The Morgan fingerprint density at radius 2 is 2.29 bits per heavy atom. The van der Waals surface area contributed by atoms with E-state index >= 15 is 0 Å². The zero-order chi connectivity index (χ0) is 14.8. The summed E-state index contributed by atoms with van der Waals surface area (Å²) in [5.74, 6) is 0.172. The monoisotopic (exact) mass is 284 g/mol. The van der Waals surface area contributed by atoms with Crippen LogP contribution in [-0.4, -0.2) is 31.0 Å². The van der Waals surface area contributed by atoms with E-state index in [1.54, 1.807) is 13.2 Å². The number of nitrogens with two attached hydrogens (primary N) is 1. The molecule has 0 saturated carbocycles. The second-order valence-electron chi connectivity index (χ2n) is 5.47. The Morgan fingerprint density at radius 3 is 3.10 bits per heavy atom. The van der Waals surface area contributed by atoms with E-state index < -0.39 is 0 Å². The lowest BCUT2D eigenvalue weighted by Gasteiger charge is -2.34. The van der Waals surface area contributed by atoms with Gasteiger partial charge < -0.3 is 16.0 Å². The number of piperidine rings is 1. The molecule has 1 aliphatic heterocycles. The fourth-order valence-electron chi connectivity index (χ4n) is 3.07. The van der Waals surface area contributed by atoms with E-state index in [1.165, 1.54) is 0 Å². The van der Waals surface area contributed by atoms with Crippen LogP contribution < -0.4 is 16.0 Å². The number of hydrogen-bond acceptors (Lipinski definition) is 4. The first-order valence-electron chi connectivity index (χ1n) is 7.30. The molecule has 21 heavy (non-hydrogen) atoms. The number of benzene rings is 1. The van der Waals surface area contributed by atoms with Crippen LogP contribution in [0.1, 0.15) is 12.8 Å². The molecular weight excluding hydrogens is 264 g/mol. The van der Waals surface area contributed by atoms with Crippen molar-refractivity contribution in [3.05, 3.63) is 30.5 Å². The molecule has 3 N–H and O–H groups in total. The summed E-state index contributed by atoms with van der Waals surface area (Å²) in [5, 5.41) is 3.81. The number of para-hydroxylation sites is 1. The van der Waals surface area contributed by atoms with E-state index in [4.69, 9.17) is 5.73 Å². The molecule has 1 saturated heterocycles. The van der Waals surface area contributed by atoms with Gasteiger partial charge in [-0.1, -0.05) is 12.1 Å². The fourth-order valence-corrected chi connectivity index (χ4v) is 3.07. The van der Waals surface area contributed by atoms with Gasteiger partial charge in [-0.3, -0.25) is 9.78 Å². The maximum Gasteiger partial charge on any atom is 0.224 e. The molecule has 1 fully saturated rings. The fraction of sp³-hybridized carbons (Fsp3) is 0.375. The molecule has 2 heterocycles. The number of fused-ring (bicyclic) bond motifs is 1. The molecule has 1 amide bonds. The minimum absolute atomic E-state index is 0.0491. The molecule has 5 nitrogen and oxygen atoms in total. The quantitative estimate of drug-likeness (QED) is 0.825. The summed E-state index contributed by atoms with van der Waals surface area (Å²) in [5.41, 5.74) is 8.64. The van der Waals surface area contributed by atoms with Crippen molar-refractivity contribution in [3.8, 4) is 0 Å². The van der Waals surface area contributed by atoms with Gasteiger partial charge in [0.2, 0.25) is 5.91 Å². The van der Waals surface area contributed by atoms with Crippen LogP contribution in [0, 0.1) is 5.92 Å². The maximum absolute atomic E-state index is 11.9. The zero-order valence-corrected chi connectivity index (χ0v) is 12.2. The lowest BCUT2D eigenvalue weighted by Crippen LogP contribution is -2.42. The molecule has 0 bridgehead atoms. The molecule has 1 atom stereocenters. The van der Waals surface area contributed by atoms with Crippen LogP contribution in [0.4, 0.5) is 11.4 Å². The normalized spacial score (nSPS) is 18.7. The molecule has 3 rings (SSSR count). The first kappa shape index (κ1) is 13.7. The second kappa shape index (κ2) is 5.60. The van der Waals surface area contributed by atoms with Gasteiger partial charge in [-0.15, -0.1) is 0 Å². The van der Waals surface area contributed by atoms with E-state index in [-0.39, 0.29) is 11.8 Å². The number of anilines is 2. The van der Waals surface area contributed by atoms with Crippen molar-refractivity contribution in [1.82, 2.24) is 10.3 Å². The summed E-state index contributed by atoms with van der Waals surface area (Å²) < 4.78 is 0. The van der Waals surface area contributed by atoms with E-state index in [2.05, 4.69) is 15.2 Å². The Balaban J connectivity index is 1.97. The van der Waals surface area contributed by atoms with Crippen LogP contribution >= 0.6 is 0 Å². The molecular formula is C16H20N4O. The van der Waals surface area contributed by atoms with Crippen LogP contribution in [-0.2, 0) is 4.79 Å². The van der Waals surface area contributed by atoms with Gasteiger partial charge in [0.1, 0.15) is 0 Å². The molecule has 0 spiro atoms. The molecule has 110 valence electrons. The minimum Gasteiger partial charge on any atom is -0.397 e. The largest absolute Gasteiger partial charge is 0.397 e. The van der Waals surface area contributed by atoms with Crippen molar-refractivity contribution < 1.29 is 4.79 Å². The molecule has 0 aliphatic carbocycles. The molecule has 5 heteroatoms. The zero-order valence-electron chi connectivity index (χ0n) is 12.2. The standard InChI is InChI=1S/C16H20N4O/c1-18-16(21)11-4-3-9-20(10-11)14-7-8-19-15-12(14)5-2-6-13(15)17/h2,5-8,11H,3-4,9-10,17H2,1H3,(H,18,21). The van der Waals surface area contributed by atoms with Gasteiger partial charge in [-0.2, -0.15) is 0 Å². The Bertz CT molecular complexity index is 670. The van der Waals surface area contributed by atoms with Crippen LogP contribution in [0.2, 0.25) is 0 Å². The van der Waals surface area contributed by atoms with Crippen LogP contribution in [0.15, 0.2) is 30.5 Å². The highest BCUT2D eigenvalue weighted by Crippen LogP contribution is 2.31. The van der Waals surface area contributed by atoms with Crippen LogP contribution in [0.25, 0.3) is 10.9 Å². The van der Waals surface area contributed by atoms with Gasteiger partial charge in [-0.05, 0) is 25.0 Å².